The highest BCUT2D eigenvalue weighted by Crippen LogP contribution is 2.23. The molecule has 0 spiro atoms. The van der Waals surface area contributed by atoms with Gasteiger partial charge in [-0.3, -0.25) is 4.79 Å². The predicted molar refractivity (Wildman–Crippen MR) is 136 cm³/mol. The Bertz CT molecular complexity index is 1060. The van der Waals surface area contributed by atoms with Gasteiger partial charge in [-0.05, 0) is 38.0 Å². The van der Waals surface area contributed by atoms with Crippen molar-refractivity contribution in [3.63, 3.8) is 0 Å². The summed E-state index contributed by atoms with van der Waals surface area (Å²) in [5, 5.41) is 3.28. The molecule has 2 aromatic rings. The first-order valence-corrected chi connectivity index (χ1v) is 11.9. The second-order valence-corrected chi connectivity index (χ2v) is 10.9. The molecular weight excluding hydrogens is 527 g/mol. The number of guanidine groups is 1. The van der Waals surface area contributed by atoms with Crippen LogP contribution in [0.2, 0.25) is 0 Å². The zero-order valence-corrected chi connectivity index (χ0v) is 21.4. The van der Waals surface area contributed by atoms with Crippen LogP contribution in [0.4, 0.5) is 0 Å². The zero-order chi connectivity index (χ0) is 21.8. The quantitative estimate of drug-likeness (QED) is 0.347. The van der Waals surface area contributed by atoms with Crippen molar-refractivity contribution >= 4 is 39.8 Å². The van der Waals surface area contributed by atoms with Crippen molar-refractivity contribution in [1.82, 2.24) is 14.8 Å². The van der Waals surface area contributed by atoms with E-state index in [-0.39, 0.29) is 35.3 Å². The molecule has 0 bridgehead atoms. The van der Waals surface area contributed by atoms with Crippen LogP contribution in [0.5, 0.6) is 0 Å². The van der Waals surface area contributed by atoms with Gasteiger partial charge in [0.05, 0.1) is 23.6 Å². The molecular formula is C22H31IN4O3S. The molecule has 1 aromatic carbocycles. The van der Waals surface area contributed by atoms with Gasteiger partial charge >= 0.3 is 0 Å². The van der Waals surface area contributed by atoms with Gasteiger partial charge in [-0.1, -0.05) is 30.3 Å². The highest BCUT2D eigenvalue weighted by molar-refractivity contribution is 14.0. The van der Waals surface area contributed by atoms with Crippen LogP contribution in [0.3, 0.4) is 0 Å². The smallest absolute Gasteiger partial charge is 0.250 e. The summed E-state index contributed by atoms with van der Waals surface area (Å²) in [6.07, 6.45) is 1.78. The lowest BCUT2D eigenvalue weighted by Crippen LogP contribution is -2.57. The fraction of sp³-hybridized carbons (Fsp3) is 0.455. The number of nitrogens with zero attached hydrogens (tertiary/aromatic N) is 3. The molecule has 1 saturated heterocycles. The summed E-state index contributed by atoms with van der Waals surface area (Å²) in [5.74, 6) is 0.873. The summed E-state index contributed by atoms with van der Waals surface area (Å²) in [7, 11) is -3.09. The van der Waals surface area contributed by atoms with Gasteiger partial charge in [0, 0.05) is 31.9 Å². The van der Waals surface area contributed by atoms with E-state index in [2.05, 4.69) is 5.32 Å². The third-order valence-electron chi connectivity index (χ3n) is 5.36. The Labute approximate surface area is 201 Å². The second kappa shape index (κ2) is 10.6. The van der Waals surface area contributed by atoms with Crippen LogP contribution < -0.4 is 10.9 Å². The Morgan fingerprint density at radius 2 is 1.81 bits per heavy atom. The zero-order valence-electron chi connectivity index (χ0n) is 18.2. The van der Waals surface area contributed by atoms with Crippen molar-refractivity contribution in [2.45, 2.75) is 38.6 Å². The number of halogens is 1. The van der Waals surface area contributed by atoms with Gasteiger partial charge in [0.25, 0.3) is 5.56 Å². The molecule has 7 nitrogen and oxygen atoms in total. The number of benzene rings is 1. The van der Waals surface area contributed by atoms with Gasteiger partial charge in [0.15, 0.2) is 15.8 Å². The van der Waals surface area contributed by atoms with Crippen LogP contribution >= 0.6 is 24.0 Å². The van der Waals surface area contributed by atoms with Crippen molar-refractivity contribution in [2.24, 2.45) is 4.99 Å². The van der Waals surface area contributed by atoms with Crippen molar-refractivity contribution in [3.8, 4) is 0 Å². The summed E-state index contributed by atoms with van der Waals surface area (Å²) in [6.45, 7) is 8.16. The van der Waals surface area contributed by atoms with Crippen LogP contribution in [0.15, 0.2) is 58.4 Å². The van der Waals surface area contributed by atoms with E-state index in [9.17, 15) is 13.2 Å². The van der Waals surface area contributed by atoms with Gasteiger partial charge in [-0.15, -0.1) is 24.0 Å². The van der Waals surface area contributed by atoms with E-state index in [1.54, 1.807) is 36.7 Å². The van der Waals surface area contributed by atoms with Gasteiger partial charge < -0.3 is 14.8 Å². The van der Waals surface area contributed by atoms with E-state index in [1.807, 2.05) is 42.2 Å². The summed E-state index contributed by atoms with van der Waals surface area (Å²) in [4.78, 5) is 18.6. The maximum Gasteiger partial charge on any atom is 0.250 e. The maximum atomic E-state index is 12.3. The molecule has 2 heterocycles. The SMILES string of the molecule is CCNC(=NCc1ccc(Cn2ccccc2=O)cc1)N1CCS(=O)(=O)C(C)(C)C1.I. The number of aliphatic imine (C=N–C) groups is 1. The van der Waals surface area contributed by atoms with Crippen LogP contribution in [-0.4, -0.2) is 54.0 Å². The van der Waals surface area contributed by atoms with E-state index < -0.39 is 14.6 Å². The number of pyridine rings is 1. The largest absolute Gasteiger partial charge is 0.357 e. The molecule has 9 heteroatoms. The maximum absolute atomic E-state index is 12.3. The number of sulfone groups is 1. The minimum atomic E-state index is -3.09. The van der Waals surface area contributed by atoms with Gasteiger partial charge in [-0.25, -0.2) is 13.4 Å². The molecule has 0 radical (unpaired) electrons. The van der Waals surface area contributed by atoms with Gasteiger partial charge in [-0.2, -0.15) is 0 Å². The minimum Gasteiger partial charge on any atom is -0.357 e. The average molecular weight is 558 g/mol. The Kier molecular flexibility index (Phi) is 8.70. The van der Waals surface area contributed by atoms with E-state index in [4.69, 9.17) is 4.99 Å². The van der Waals surface area contributed by atoms with Crippen LogP contribution in [-0.2, 0) is 22.9 Å². The molecule has 0 atom stereocenters. The highest BCUT2D eigenvalue weighted by Gasteiger charge is 2.40. The summed E-state index contributed by atoms with van der Waals surface area (Å²) >= 11 is 0. The number of aromatic nitrogens is 1. The first kappa shape index (κ1) is 25.4. The van der Waals surface area contributed by atoms with Gasteiger partial charge in [0.1, 0.15) is 0 Å². The van der Waals surface area contributed by atoms with Gasteiger partial charge in [0.2, 0.25) is 0 Å². The Balaban J connectivity index is 0.00000341. The van der Waals surface area contributed by atoms with Crippen LogP contribution in [0, 0.1) is 0 Å². The number of hydrogen-bond acceptors (Lipinski definition) is 4. The van der Waals surface area contributed by atoms with Crippen molar-refractivity contribution in [2.75, 3.05) is 25.4 Å². The fourth-order valence-corrected chi connectivity index (χ4v) is 4.82. The van der Waals surface area contributed by atoms with Crippen molar-refractivity contribution in [3.05, 3.63) is 70.1 Å². The number of nitrogens with one attached hydrogen (secondary N) is 1. The first-order chi connectivity index (χ1) is 14.2. The molecule has 31 heavy (non-hydrogen) atoms. The van der Waals surface area contributed by atoms with Crippen molar-refractivity contribution in [1.29, 1.82) is 0 Å². The monoisotopic (exact) mass is 558 g/mol. The number of hydrogen-bond donors (Lipinski definition) is 1. The van der Waals surface area contributed by atoms with Crippen LogP contribution in [0.1, 0.15) is 31.9 Å². The lowest BCUT2D eigenvalue weighted by Gasteiger charge is -2.39. The van der Waals surface area contributed by atoms with E-state index >= 15 is 0 Å². The normalized spacial score (nSPS) is 17.6. The molecule has 0 aliphatic carbocycles. The Morgan fingerprint density at radius 3 is 2.42 bits per heavy atom. The lowest BCUT2D eigenvalue weighted by molar-refractivity contribution is 0.353. The number of rotatable bonds is 5. The molecule has 1 fully saturated rings. The molecule has 0 saturated carbocycles. The summed E-state index contributed by atoms with van der Waals surface area (Å²) in [5.41, 5.74) is 2.08. The first-order valence-electron chi connectivity index (χ1n) is 10.2. The molecule has 1 N–H and O–H groups in total. The standard InChI is InChI=1S/C22H30N4O3S.HI/c1-4-23-21(26-13-14-30(28,29)22(2,3)17-26)24-15-18-8-10-19(11-9-18)16-25-12-6-5-7-20(25)27;/h5-12H,4,13-17H2,1-3H3,(H,23,24);1H. The minimum absolute atomic E-state index is 0. The Morgan fingerprint density at radius 1 is 1.13 bits per heavy atom. The Hall–Kier alpha value is -1.88. The average Bonchev–Trinajstić information content (AvgIpc) is 2.70. The molecule has 1 aliphatic rings. The second-order valence-electron chi connectivity index (χ2n) is 8.15. The van der Waals surface area contributed by atoms with E-state index in [0.717, 1.165) is 17.1 Å². The topological polar surface area (TPSA) is 83.8 Å². The lowest BCUT2D eigenvalue weighted by atomic mass is 10.1. The highest BCUT2D eigenvalue weighted by atomic mass is 127. The fourth-order valence-electron chi connectivity index (χ4n) is 3.45. The van der Waals surface area contributed by atoms with Crippen molar-refractivity contribution < 1.29 is 8.42 Å². The summed E-state index contributed by atoms with van der Waals surface area (Å²) < 4.78 is 25.4. The predicted octanol–water partition coefficient (Wildman–Crippen LogP) is 2.49. The third-order valence-corrected chi connectivity index (χ3v) is 7.90. The molecule has 1 aromatic heterocycles. The van der Waals surface area contributed by atoms with E-state index in [1.165, 1.54) is 0 Å². The summed E-state index contributed by atoms with van der Waals surface area (Å²) in [6, 6.07) is 13.2. The van der Waals surface area contributed by atoms with E-state index in [0.29, 0.717) is 32.7 Å². The molecule has 0 amide bonds. The molecule has 1 aliphatic heterocycles. The molecule has 3 rings (SSSR count). The molecule has 0 unspecified atom stereocenters. The third kappa shape index (κ3) is 6.31. The van der Waals surface area contributed by atoms with Crippen LogP contribution in [0.25, 0.3) is 0 Å². The molecule has 170 valence electrons.